The van der Waals surface area contributed by atoms with E-state index in [1.807, 2.05) is 19.0 Å². The van der Waals surface area contributed by atoms with Crippen molar-refractivity contribution in [2.24, 2.45) is 11.8 Å². The highest BCUT2D eigenvalue weighted by atomic mass is 16.2. The van der Waals surface area contributed by atoms with Gasteiger partial charge in [0, 0.05) is 19.5 Å². The third kappa shape index (κ3) is 4.12. The van der Waals surface area contributed by atoms with Crippen LogP contribution < -0.4 is 5.32 Å². The summed E-state index contributed by atoms with van der Waals surface area (Å²) in [5, 5.41) is 3.11. The van der Waals surface area contributed by atoms with Crippen molar-refractivity contribution in [1.82, 2.24) is 10.2 Å². The van der Waals surface area contributed by atoms with Gasteiger partial charge in [0.2, 0.25) is 5.91 Å². The van der Waals surface area contributed by atoms with Crippen LogP contribution in [-0.2, 0) is 4.79 Å². The van der Waals surface area contributed by atoms with Crippen LogP contribution in [0.4, 0.5) is 0 Å². The number of rotatable bonds is 5. The predicted octanol–water partition coefficient (Wildman–Crippen LogP) is 1.88. The van der Waals surface area contributed by atoms with Crippen molar-refractivity contribution in [3.8, 4) is 0 Å². The van der Waals surface area contributed by atoms with Gasteiger partial charge in [-0.25, -0.2) is 0 Å². The highest BCUT2D eigenvalue weighted by Gasteiger charge is 2.26. The molecular formula is C13H26N2O. The SMILES string of the molecule is CNCCCN(C)C(=O)C1CCC(C)CC1. The highest BCUT2D eigenvalue weighted by Crippen LogP contribution is 2.29. The van der Waals surface area contributed by atoms with Crippen molar-refractivity contribution in [3.63, 3.8) is 0 Å². The Morgan fingerprint density at radius 1 is 1.31 bits per heavy atom. The van der Waals surface area contributed by atoms with Crippen LogP contribution in [0.5, 0.6) is 0 Å². The third-order valence-electron chi connectivity index (χ3n) is 3.66. The molecule has 1 amide bonds. The van der Waals surface area contributed by atoms with Crippen LogP contribution in [0.25, 0.3) is 0 Å². The summed E-state index contributed by atoms with van der Waals surface area (Å²) >= 11 is 0. The third-order valence-corrected chi connectivity index (χ3v) is 3.66. The second kappa shape index (κ2) is 6.89. The zero-order valence-corrected chi connectivity index (χ0v) is 11.0. The first-order chi connectivity index (χ1) is 7.65. The van der Waals surface area contributed by atoms with Gasteiger partial charge in [-0.2, -0.15) is 0 Å². The van der Waals surface area contributed by atoms with Gasteiger partial charge in [-0.15, -0.1) is 0 Å². The molecule has 0 radical (unpaired) electrons. The molecule has 16 heavy (non-hydrogen) atoms. The summed E-state index contributed by atoms with van der Waals surface area (Å²) in [6.45, 7) is 4.16. The van der Waals surface area contributed by atoms with Crippen molar-refractivity contribution >= 4 is 5.91 Å². The summed E-state index contributed by atoms with van der Waals surface area (Å²) in [6.07, 6.45) is 5.68. The Morgan fingerprint density at radius 3 is 2.50 bits per heavy atom. The predicted molar refractivity (Wildman–Crippen MR) is 67.3 cm³/mol. The molecule has 0 saturated heterocycles. The zero-order chi connectivity index (χ0) is 12.0. The van der Waals surface area contributed by atoms with E-state index in [1.54, 1.807) is 0 Å². The molecule has 1 N–H and O–H groups in total. The van der Waals surface area contributed by atoms with Gasteiger partial charge in [-0.05, 0) is 51.6 Å². The number of nitrogens with zero attached hydrogens (tertiary/aromatic N) is 1. The summed E-state index contributed by atoms with van der Waals surface area (Å²) in [6, 6.07) is 0. The van der Waals surface area contributed by atoms with Crippen LogP contribution in [0.2, 0.25) is 0 Å². The Hall–Kier alpha value is -0.570. The van der Waals surface area contributed by atoms with E-state index < -0.39 is 0 Å². The molecule has 1 aliphatic rings. The molecule has 0 heterocycles. The minimum atomic E-state index is 0.302. The number of nitrogens with one attached hydrogen (secondary N) is 1. The van der Waals surface area contributed by atoms with Gasteiger partial charge in [-0.3, -0.25) is 4.79 Å². The van der Waals surface area contributed by atoms with Crippen molar-refractivity contribution in [3.05, 3.63) is 0 Å². The van der Waals surface area contributed by atoms with Crippen LogP contribution in [0.3, 0.4) is 0 Å². The van der Waals surface area contributed by atoms with Gasteiger partial charge in [-0.1, -0.05) is 6.92 Å². The molecule has 0 unspecified atom stereocenters. The molecule has 3 heteroatoms. The Kier molecular flexibility index (Phi) is 5.81. The molecular weight excluding hydrogens is 200 g/mol. The van der Waals surface area contributed by atoms with Crippen molar-refractivity contribution in [2.75, 3.05) is 27.2 Å². The van der Waals surface area contributed by atoms with E-state index in [-0.39, 0.29) is 0 Å². The zero-order valence-electron chi connectivity index (χ0n) is 11.0. The minimum absolute atomic E-state index is 0.302. The summed E-state index contributed by atoms with van der Waals surface area (Å²) in [7, 11) is 3.89. The Morgan fingerprint density at radius 2 is 1.94 bits per heavy atom. The largest absolute Gasteiger partial charge is 0.345 e. The van der Waals surface area contributed by atoms with Crippen LogP contribution in [0, 0.1) is 11.8 Å². The number of carbonyl (C=O) groups is 1. The molecule has 94 valence electrons. The fourth-order valence-corrected chi connectivity index (χ4v) is 2.42. The highest BCUT2D eigenvalue weighted by molar-refractivity contribution is 5.78. The number of carbonyl (C=O) groups excluding carboxylic acids is 1. The van der Waals surface area contributed by atoms with Crippen LogP contribution in [0.15, 0.2) is 0 Å². The first-order valence-corrected chi connectivity index (χ1v) is 6.54. The average Bonchev–Trinajstić information content (AvgIpc) is 2.29. The molecule has 0 aromatic carbocycles. The summed E-state index contributed by atoms with van der Waals surface area (Å²) in [5.41, 5.74) is 0. The Bertz CT molecular complexity index is 210. The van der Waals surface area contributed by atoms with Crippen molar-refractivity contribution in [1.29, 1.82) is 0 Å². The molecule has 0 aromatic rings. The van der Waals surface area contributed by atoms with Crippen LogP contribution in [-0.4, -0.2) is 38.0 Å². The van der Waals surface area contributed by atoms with E-state index in [0.717, 1.165) is 38.3 Å². The van der Waals surface area contributed by atoms with Crippen LogP contribution in [0.1, 0.15) is 39.0 Å². The topological polar surface area (TPSA) is 32.3 Å². The molecule has 0 atom stereocenters. The molecule has 0 spiro atoms. The monoisotopic (exact) mass is 226 g/mol. The summed E-state index contributed by atoms with van der Waals surface area (Å²) < 4.78 is 0. The van der Waals surface area contributed by atoms with Gasteiger partial charge in [0.15, 0.2) is 0 Å². The normalized spacial score (nSPS) is 25.4. The lowest BCUT2D eigenvalue weighted by atomic mass is 9.82. The minimum Gasteiger partial charge on any atom is -0.345 e. The Balaban J connectivity index is 2.27. The average molecular weight is 226 g/mol. The number of hydrogen-bond donors (Lipinski definition) is 1. The van der Waals surface area contributed by atoms with Crippen LogP contribution >= 0.6 is 0 Å². The number of amides is 1. The molecule has 0 aromatic heterocycles. The number of hydrogen-bond acceptors (Lipinski definition) is 2. The van der Waals surface area contributed by atoms with Crippen molar-refractivity contribution in [2.45, 2.75) is 39.0 Å². The van der Waals surface area contributed by atoms with E-state index >= 15 is 0 Å². The lowest BCUT2D eigenvalue weighted by molar-refractivity contribution is -0.135. The maximum absolute atomic E-state index is 12.1. The van der Waals surface area contributed by atoms with E-state index in [2.05, 4.69) is 12.2 Å². The van der Waals surface area contributed by atoms with Gasteiger partial charge in [0.25, 0.3) is 0 Å². The fraction of sp³-hybridized carbons (Fsp3) is 0.923. The smallest absolute Gasteiger partial charge is 0.225 e. The molecule has 1 fully saturated rings. The first-order valence-electron chi connectivity index (χ1n) is 6.54. The van der Waals surface area contributed by atoms with Gasteiger partial charge in [0.1, 0.15) is 0 Å². The quantitative estimate of drug-likeness (QED) is 0.726. The van der Waals surface area contributed by atoms with Gasteiger partial charge >= 0.3 is 0 Å². The van der Waals surface area contributed by atoms with Gasteiger partial charge < -0.3 is 10.2 Å². The Labute approximate surface area is 99.6 Å². The van der Waals surface area contributed by atoms with Crippen molar-refractivity contribution < 1.29 is 4.79 Å². The van der Waals surface area contributed by atoms with E-state index in [0.29, 0.717) is 11.8 Å². The fourth-order valence-electron chi connectivity index (χ4n) is 2.42. The molecule has 1 saturated carbocycles. The summed E-state index contributed by atoms with van der Waals surface area (Å²) in [4.78, 5) is 14.0. The molecule has 0 bridgehead atoms. The maximum atomic E-state index is 12.1. The van der Waals surface area contributed by atoms with Gasteiger partial charge in [0.05, 0.1) is 0 Å². The second-order valence-electron chi connectivity index (χ2n) is 5.17. The molecule has 0 aliphatic heterocycles. The lowest BCUT2D eigenvalue weighted by Gasteiger charge is -2.29. The molecule has 3 nitrogen and oxygen atoms in total. The second-order valence-corrected chi connectivity index (χ2v) is 5.17. The van der Waals surface area contributed by atoms with E-state index in [9.17, 15) is 4.79 Å². The lowest BCUT2D eigenvalue weighted by Crippen LogP contribution is -2.36. The molecule has 1 aliphatic carbocycles. The van der Waals surface area contributed by atoms with E-state index in [4.69, 9.17) is 0 Å². The van der Waals surface area contributed by atoms with E-state index in [1.165, 1.54) is 12.8 Å². The first kappa shape index (κ1) is 13.5. The molecule has 1 rings (SSSR count). The summed E-state index contributed by atoms with van der Waals surface area (Å²) in [5.74, 6) is 1.48. The maximum Gasteiger partial charge on any atom is 0.225 e. The standard InChI is InChI=1S/C13H26N2O/c1-11-5-7-12(8-6-11)13(16)15(3)10-4-9-14-2/h11-12,14H,4-10H2,1-3H3.